The number of morpholine rings is 1. The van der Waals surface area contributed by atoms with Crippen LogP contribution in [0.25, 0.3) is 0 Å². The van der Waals surface area contributed by atoms with Gasteiger partial charge in [-0.15, -0.1) is 0 Å². The molecule has 4 heteroatoms. The number of nitrogens with one attached hydrogen (secondary N) is 1. The molecule has 3 rings (SSSR count). The molecule has 1 atom stereocenters. The van der Waals surface area contributed by atoms with E-state index in [1.165, 1.54) is 16.7 Å². The molecule has 1 amide bonds. The summed E-state index contributed by atoms with van der Waals surface area (Å²) in [5.74, 6) is 0.322. The first-order valence-electron chi connectivity index (χ1n) is 9.41. The largest absolute Gasteiger partial charge is 0.379 e. The Bertz CT molecular complexity index is 696. The van der Waals surface area contributed by atoms with Crippen molar-refractivity contribution in [2.75, 3.05) is 26.3 Å². The van der Waals surface area contributed by atoms with Crippen LogP contribution in [0.2, 0.25) is 0 Å². The third kappa shape index (κ3) is 5.41. The summed E-state index contributed by atoms with van der Waals surface area (Å²) < 4.78 is 5.42. The Morgan fingerprint density at radius 2 is 1.69 bits per heavy atom. The van der Waals surface area contributed by atoms with Crippen LogP contribution in [0, 0.1) is 0 Å². The van der Waals surface area contributed by atoms with Crippen LogP contribution in [0.15, 0.2) is 54.6 Å². The van der Waals surface area contributed by atoms with Gasteiger partial charge in [0.05, 0.1) is 13.2 Å². The molecule has 0 aliphatic carbocycles. The fraction of sp³-hybridized carbons (Fsp3) is 0.409. The molecule has 1 saturated heterocycles. The molecule has 1 aliphatic heterocycles. The number of hydrogen-bond acceptors (Lipinski definition) is 3. The van der Waals surface area contributed by atoms with E-state index in [9.17, 15) is 4.79 Å². The first-order valence-corrected chi connectivity index (χ1v) is 9.41. The van der Waals surface area contributed by atoms with Crippen LogP contribution < -0.4 is 5.32 Å². The summed E-state index contributed by atoms with van der Waals surface area (Å²) in [4.78, 5) is 14.8. The van der Waals surface area contributed by atoms with Crippen LogP contribution >= 0.6 is 0 Å². The Labute approximate surface area is 156 Å². The van der Waals surface area contributed by atoms with Crippen molar-refractivity contribution in [3.63, 3.8) is 0 Å². The normalized spacial score (nSPS) is 16.2. The summed E-state index contributed by atoms with van der Waals surface area (Å²) in [5.41, 5.74) is 3.68. The van der Waals surface area contributed by atoms with Crippen molar-refractivity contribution in [2.45, 2.75) is 32.4 Å². The maximum atomic E-state index is 12.4. The molecule has 2 aromatic rings. The SMILES string of the molecule is CC(CC(=O)NCc1ccccc1CN1CCOCC1)c1ccccc1. The van der Waals surface area contributed by atoms with Crippen LogP contribution in [0.3, 0.4) is 0 Å². The molecular formula is C22H28N2O2. The molecule has 0 spiro atoms. The summed E-state index contributed by atoms with van der Waals surface area (Å²) in [5, 5.41) is 3.10. The first-order chi connectivity index (χ1) is 12.7. The fourth-order valence-corrected chi connectivity index (χ4v) is 3.33. The Balaban J connectivity index is 1.53. The third-order valence-corrected chi connectivity index (χ3v) is 4.95. The molecule has 1 unspecified atom stereocenters. The minimum absolute atomic E-state index is 0.0996. The van der Waals surface area contributed by atoms with Gasteiger partial charge in [-0.25, -0.2) is 0 Å². The zero-order valence-electron chi connectivity index (χ0n) is 15.5. The van der Waals surface area contributed by atoms with Gasteiger partial charge in [0, 0.05) is 32.6 Å². The van der Waals surface area contributed by atoms with Crippen LogP contribution in [-0.2, 0) is 22.6 Å². The fourth-order valence-electron chi connectivity index (χ4n) is 3.33. The second-order valence-electron chi connectivity index (χ2n) is 6.95. The molecule has 1 N–H and O–H groups in total. The maximum absolute atomic E-state index is 12.4. The molecule has 2 aromatic carbocycles. The molecule has 4 nitrogen and oxygen atoms in total. The highest BCUT2D eigenvalue weighted by Gasteiger charge is 2.14. The number of carbonyl (C=O) groups excluding carboxylic acids is 1. The number of rotatable bonds is 7. The Morgan fingerprint density at radius 1 is 1.04 bits per heavy atom. The van der Waals surface area contributed by atoms with E-state index in [1.54, 1.807) is 0 Å². The van der Waals surface area contributed by atoms with Crippen molar-refractivity contribution in [3.8, 4) is 0 Å². The number of benzene rings is 2. The highest BCUT2D eigenvalue weighted by molar-refractivity contribution is 5.76. The van der Waals surface area contributed by atoms with Gasteiger partial charge in [0.1, 0.15) is 0 Å². The van der Waals surface area contributed by atoms with Crippen LogP contribution in [0.5, 0.6) is 0 Å². The molecule has 1 heterocycles. The van der Waals surface area contributed by atoms with Gasteiger partial charge in [0.2, 0.25) is 5.91 Å². The number of ether oxygens (including phenoxy) is 1. The van der Waals surface area contributed by atoms with Crippen molar-refractivity contribution >= 4 is 5.91 Å². The summed E-state index contributed by atoms with van der Waals surface area (Å²) in [6, 6.07) is 18.6. The van der Waals surface area contributed by atoms with E-state index in [-0.39, 0.29) is 11.8 Å². The smallest absolute Gasteiger partial charge is 0.220 e. The molecule has 0 bridgehead atoms. The number of amides is 1. The van der Waals surface area contributed by atoms with Gasteiger partial charge in [-0.3, -0.25) is 9.69 Å². The van der Waals surface area contributed by atoms with Crippen molar-refractivity contribution < 1.29 is 9.53 Å². The lowest BCUT2D eigenvalue weighted by Crippen LogP contribution is -2.36. The predicted octanol–water partition coefficient (Wildman–Crippen LogP) is 3.33. The minimum atomic E-state index is 0.0996. The van der Waals surface area contributed by atoms with E-state index in [1.807, 2.05) is 24.3 Å². The van der Waals surface area contributed by atoms with E-state index in [2.05, 4.69) is 47.5 Å². The Kier molecular flexibility index (Phi) is 6.81. The highest BCUT2D eigenvalue weighted by atomic mass is 16.5. The summed E-state index contributed by atoms with van der Waals surface area (Å²) in [6.07, 6.45) is 0.510. The van der Waals surface area contributed by atoms with E-state index < -0.39 is 0 Å². The zero-order valence-corrected chi connectivity index (χ0v) is 15.5. The molecule has 26 heavy (non-hydrogen) atoms. The van der Waals surface area contributed by atoms with Gasteiger partial charge in [-0.2, -0.15) is 0 Å². The van der Waals surface area contributed by atoms with Gasteiger partial charge >= 0.3 is 0 Å². The first kappa shape index (κ1) is 18.6. The second-order valence-corrected chi connectivity index (χ2v) is 6.95. The minimum Gasteiger partial charge on any atom is -0.379 e. The van der Waals surface area contributed by atoms with Crippen molar-refractivity contribution in [1.29, 1.82) is 0 Å². The van der Waals surface area contributed by atoms with E-state index in [4.69, 9.17) is 4.74 Å². The standard InChI is InChI=1S/C22H28N2O2/c1-18(19-7-3-2-4-8-19)15-22(25)23-16-20-9-5-6-10-21(20)17-24-11-13-26-14-12-24/h2-10,18H,11-17H2,1H3,(H,23,25). The summed E-state index contributed by atoms with van der Waals surface area (Å²) in [6.45, 7) is 7.13. The number of carbonyl (C=O) groups is 1. The number of nitrogens with zero attached hydrogens (tertiary/aromatic N) is 1. The highest BCUT2D eigenvalue weighted by Crippen LogP contribution is 2.18. The van der Waals surface area contributed by atoms with E-state index in [0.717, 1.165) is 32.8 Å². The topological polar surface area (TPSA) is 41.6 Å². The van der Waals surface area contributed by atoms with Crippen molar-refractivity contribution in [2.24, 2.45) is 0 Å². The molecule has 1 aliphatic rings. The lowest BCUT2D eigenvalue weighted by Gasteiger charge is -2.27. The van der Waals surface area contributed by atoms with Crippen LogP contribution in [0.1, 0.15) is 36.0 Å². The average Bonchev–Trinajstić information content (AvgIpc) is 2.69. The van der Waals surface area contributed by atoms with E-state index >= 15 is 0 Å². The van der Waals surface area contributed by atoms with E-state index in [0.29, 0.717) is 13.0 Å². The Morgan fingerprint density at radius 3 is 2.42 bits per heavy atom. The van der Waals surface area contributed by atoms with Crippen molar-refractivity contribution in [1.82, 2.24) is 10.2 Å². The molecular weight excluding hydrogens is 324 g/mol. The second kappa shape index (κ2) is 9.51. The monoisotopic (exact) mass is 352 g/mol. The lowest BCUT2D eigenvalue weighted by molar-refractivity contribution is -0.121. The van der Waals surface area contributed by atoms with Gasteiger partial charge in [-0.1, -0.05) is 61.5 Å². The summed E-state index contributed by atoms with van der Waals surface area (Å²) >= 11 is 0. The van der Waals surface area contributed by atoms with Crippen LogP contribution in [0.4, 0.5) is 0 Å². The Hall–Kier alpha value is -2.17. The maximum Gasteiger partial charge on any atom is 0.220 e. The zero-order chi connectivity index (χ0) is 18.2. The molecule has 0 radical (unpaired) electrons. The third-order valence-electron chi connectivity index (χ3n) is 4.95. The van der Waals surface area contributed by atoms with Gasteiger partial charge < -0.3 is 10.1 Å². The van der Waals surface area contributed by atoms with Crippen molar-refractivity contribution in [3.05, 3.63) is 71.3 Å². The lowest BCUT2D eigenvalue weighted by atomic mass is 9.97. The molecule has 1 fully saturated rings. The molecule has 138 valence electrons. The molecule has 0 aromatic heterocycles. The molecule has 0 saturated carbocycles. The van der Waals surface area contributed by atoms with Crippen LogP contribution in [-0.4, -0.2) is 37.1 Å². The predicted molar refractivity (Wildman–Crippen MR) is 104 cm³/mol. The average molecular weight is 352 g/mol. The summed E-state index contributed by atoms with van der Waals surface area (Å²) in [7, 11) is 0. The van der Waals surface area contributed by atoms with Gasteiger partial charge in [0.15, 0.2) is 0 Å². The quantitative estimate of drug-likeness (QED) is 0.831. The van der Waals surface area contributed by atoms with Gasteiger partial charge in [0.25, 0.3) is 0 Å². The van der Waals surface area contributed by atoms with Gasteiger partial charge in [-0.05, 0) is 22.6 Å². The number of hydrogen-bond donors (Lipinski definition) is 1.